The van der Waals surface area contributed by atoms with Gasteiger partial charge in [0.1, 0.15) is 52.6 Å². The summed E-state index contributed by atoms with van der Waals surface area (Å²) in [5.41, 5.74) is 14.8. The Balaban J connectivity index is 0.000000227. The fourth-order valence-corrected chi connectivity index (χ4v) is 17.4. The van der Waals surface area contributed by atoms with Crippen LogP contribution in [-0.4, -0.2) is 210 Å². The summed E-state index contributed by atoms with van der Waals surface area (Å²) in [7, 11) is 3.19. The van der Waals surface area contributed by atoms with Crippen molar-refractivity contribution in [1.82, 2.24) is 44.7 Å². The van der Waals surface area contributed by atoms with Crippen molar-refractivity contribution in [3.05, 3.63) is 202 Å². The molecule has 7 amide bonds. The van der Waals surface area contributed by atoms with E-state index in [9.17, 15) is 42.2 Å². The minimum atomic E-state index is -1.47. The van der Waals surface area contributed by atoms with Crippen LogP contribution in [0.25, 0.3) is 0 Å². The van der Waals surface area contributed by atoms with Crippen LogP contribution < -0.4 is 77.6 Å². The zero-order chi connectivity index (χ0) is 97.6. The second-order valence-electron chi connectivity index (χ2n) is 37.8. The van der Waals surface area contributed by atoms with Gasteiger partial charge in [-0.2, -0.15) is 0 Å². The third kappa shape index (κ3) is 31.5. The third-order valence-electron chi connectivity index (χ3n) is 24.5. The van der Waals surface area contributed by atoms with Gasteiger partial charge in [0.2, 0.25) is 17.7 Å². The number of carbonyl (C=O) groups is 8. The van der Waals surface area contributed by atoms with E-state index in [0.29, 0.717) is 53.8 Å². The van der Waals surface area contributed by atoms with Gasteiger partial charge in [-0.05, 0) is 250 Å². The number of benzene rings is 3. The van der Waals surface area contributed by atoms with Gasteiger partial charge in [-0.25, -0.2) is 46.3 Å². The average Bonchev–Trinajstić information content (AvgIpc) is 1.38. The van der Waals surface area contributed by atoms with Crippen LogP contribution in [0.4, 0.5) is 50.4 Å². The summed E-state index contributed by atoms with van der Waals surface area (Å²) in [6.07, 6.45) is 23.0. The number of carbonyl (C=O) groups excluding carboxylic acids is 7. The van der Waals surface area contributed by atoms with Crippen molar-refractivity contribution in [3.8, 4) is 0 Å². The Labute approximate surface area is 827 Å². The van der Waals surface area contributed by atoms with Crippen molar-refractivity contribution < 1.29 is 129 Å². The number of hydrogen-bond acceptors (Lipinski definition) is 24. The van der Waals surface area contributed by atoms with E-state index in [-0.39, 0.29) is 147 Å². The number of hydrogen-bond donors (Lipinski definition) is 10. The van der Waals surface area contributed by atoms with Crippen LogP contribution in [0.15, 0.2) is 147 Å². The zero-order valence-electron chi connectivity index (χ0n) is 79.2. The number of methoxy groups -OCH3 is 3. The molecule has 7 aromatic rings. The molecule has 736 valence electrons. The number of likely N-dealkylation sites (tertiary alicyclic amines) is 3. The Morgan fingerprint density at radius 2 is 0.941 bits per heavy atom. The molecule has 3 aliphatic carbocycles. The van der Waals surface area contributed by atoms with Crippen molar-refractivity contribution >= 4 is 106 Å². The summed E-state index contributed by atoms with van der Waals surface area (Å²) < 4.78 is 88.3. The molecule has 12 N–H and O–H groups in total. The molecule has 14 rings (SSSR count). The van der Waals surface area contributed by atoms with E-state index >= 15 is 8.78 Å². The number of nitrogens with zero attached hydrogens (tertiary/aromatic N) is 7. The number of pyridine rings is 4. The Morgan fingerprint density at radius 1 is 0.537 bits per heavy atom. The van der Waals surface area contributed by atoms with Crippen LogP contribution in [0.2, 0.25) is 5.02 Å². The van der Waals surface area contributed by atoms with E-state index in [1.807, 2.05) is 57.2 Å². The molecular weight excluding hydrogens is 1830 g/mol. The summed E-state index contributed by atoms with van der Waals surface area (Å²) in [5, 5.41) is 40.9. The number of aromatic nitrogens is 4. The quantitative estimate of drug-likeness (QED) is 0.00865. The Bertz CT molecular complexity index is 5160. The number of urea groups is 1. The maximum Gasteiger partial charge on any atom is 1.00 e. The number of nitrogens with one attached hydrogen (secondary N) is 6. The first kappa shape index (κ1) is 112. The first-order valence-corrected chi connectivity index (χ1v) is 46.5. The molecule has 7 fully saturated rings. The largest absolute Gasteiger partial charge is 1.00 e. The number of aliphatic hydroxyl groups excluding tert-OH is 1. The summed E-state index contributed by atoms with van der Waals surface area (Å²) in [6.45, 7) is 17.0. The molecule has 3 unspecified atom stereocenters. The first-order valence-electron chi connectivity index (χ1n) is 44.9. The molecule has 8 heterocycles. The number of aliphatic carboxylic acids is 1. The smallest absolute Gasteiger partial charge is 0.662 e. The Hall–Kier alpha value is -9.42. The predicted octanol–water partition coefficient (Wildman–Crippen LogP) is 10.1. The molecule has 0 bridgehead atoms. The fourth-order valence-electron chi connectivity index (χ4n) is 16.3. The molecule has 0 radical (unpaired) electrons. The Kier molecular flexibility index (Phi) is 41.5. The molecule has 136 heavy (non-hydrogen) atoms. The van der Waals surface area contributed by atoms with Crippen LogP contribution in [0.1, 0.15) is 198 Å². The van der Waals surface area contributed by atoms with Crippen LogP contribution in [-0.2, 0) is 80.1 Å². The number of carboxylic acid groups (broad SMARTS) is 1. The maximum absolute atomic E-state index is 15.4. The van der Waals surface area contributed by atoms with Crippen LogP contribution in [0.5, 0.6) is 0 Å². The molecule has 0 spiro atoms. The van der Waals surface area contributed by atoms with E-state index in [2.05, 4.69) is 56.1 Å². The number of nitrogens with two attached hydrogens (primary N) is 2. The molecule has 4 aliphatic heterocycles. The van der Waals surface area contributed by atoms with Crippen molar-refractivity contribution in [3.63, 3.8) is 0 Å². The molecular formula is C96H127Cl2F3N15NaO18S. The zero-order valence-corrected chi connectivity index (χ0v) is 83.6. The molecule has 4 saturated heterocycles. The number of aliphatic hydroxyl groups is 1. The van der Waals surface area contributed by atoms with Gasteiger partial charge in [0.05, 0.1) is 85.3 Å². The van der Waals surface area contributed by atoms with Crippen LogP contribution >= 0.6 is 24.0 Å². The summed E-state index contributed by atoms with van der Waals surface area (Å²) in [5.74, 6) is -2.05. The third-order valence-corrected chi connectivity index (χ3v) is 26.4. The van der Waals surface area contributed by atoms with Gasteiger partial charge < -0.3 is 81.7 Å². The van der Waals surface area contributed by atoms with E-state index in [4.69, 9.17) is 67.0 Å². The fraction of sp³-hybridized carbons (Fsp3) is 0.521. The molecule has 3 aromatic carbocycles. The van der Waals surface area contributed by atoms with Crippen molar-refractivity contribution in [2.75, 3.05) is 75.4 Å². The number of rotatable bonds is 30. The predicted molar refractivity (Wildman–Crippen MR) is 503 cm³/mol. The van der Waals surface area contributed by atoms with Gasteiger partial charge in [0.15, 0.2) is 0 Å². The van der Waals surface area contributed by atoms with Gasteiger partial charge >= 0.3 is 53.7 Å². The summed E-state index contributed by atoms with van der Waals surface area (Å²) in [6, 6.07) is 24.7. The molecule has 3 saturated carbocycles. The summed E-state index contributed by atoms with van der Waals surface area (Å²) >= 11 is 5.88. The van der Waals surface area contributed by atoms with E-state index < -0.39 is 121 Å². The average molecular weight is 1960 g/mol. The second kappa shape index (κ2) is 50.4. The van der Waals surface area contributed by atoms with Crippen molar-refractivity contribution in [2.24, 2.45) is 35.1 Å². The van der Waals surface area contributed by atoms with Gasteiger partial charge in [-0.1, -0.05) is 68.3 Å². The standard InChI is InChI=1S/C32H45FN4O5S.C29H32ClFN6O3.C23H29FN4O2.C11H19NO5.CH2O3.ClH.Na/c1-30(2,3)42-29(39)37-20-24(41-7)19-27(37)28(38)35-26-18-23(10-11-25(26)33)32(15-12-21-8-9-21,22-13-16-34-17-14-22)36-43(40)31(4,5)6;1-40-22-15-25(37(17-22)28(39)36-26-7-5-21(30)16-34-26)27(38)35-24-14-20(4-6-23(24)31)29(32,11-8-18-2-3-18)19-9-12-33-13-10-19;1-30-18-13-21(27-14-18)22(29)28-20-12-17(4-5-19(20)24)23(25,9-6-15-2-3-15)16-7-10-26-11-8-16;1-11(2,3)17-10(16)12-5-7(6-13)4-8(12)9(14)15;2-1-4-3;;/h10-11,13-14,16-18,21,24,27,36H,8-9,12,15,19-20H2,1-7H3,(H,35,38);4-7,9-10,12-14,16,18,22,25H,2-3,8,11,15,17,32H2,1H3,(H,35,38)(H,34,36,39);4-5,7-8,10-12,15,18,21,27H,2-3,6,9,13-14,25H2,1H3,(H,28,29);7-8,13H,4-6H2,1-3H3,(H,14,15);1,3H;1H;/q;;;;;;+1/p-1/t24-,27-,32?,43-;22-,25-,29?;18-,21-,23?;7-,8-;;;/m1111.../s1. The molecule has 7 aliphatic rings. The van der Waals surface area contributed by atoms with Gasteiger partial charge in [0.25, 0.3) is 6.47 Å². The second-order valence-corrected chi connectivity index (χ2v) is 40.3. The minimum Gasteiger partial charge on any atom is -0.662 e. The topological polar surface area (TPSA) is 458 Å². The number of carboxylic acids is 1. The van der Waals surface area contributed by atoms with Crippen LogP contribution in [0.3, 0.4) is 0 Å². The molecule has 12 atom stereocenters. The minimum absolute atomic E-state index is 0. The number of anilines is 4. The van der Waals surface area contributed by atoms with Crippen LogP contribution in [0, 0.1) is 41.1 Å². The Morgan fingerprint density at radius 3 is 1.33 bits per heavy atom. The SMILES string of the molecule is CC(C)(C)OC(=O)N1C[C@H](CO)C[C@@H]1C(=O)O.CO[C@@H]1C[C@H](C(=O)Nc2cc(C(CCC3CC3)(N[S@](=O)C(C)(C)C)c3ccncc3)ccc2F)N(C(=O)OC(C)(C)C)C1.CO[C@@H]1C[C@H](C(=O)Nc2cc(C(N)(CCC3CC3)c3ccncc3)ccc2F)N(C(=O)Nc2ccc(Cl)cn2)C1.CO[C@H]1CN[C@@H](C(=O)Nc2cc(C(N)(CCC3CC3)c3ccncc3)ccc2F)C1.Cl.O=CO[O-].[Na+]. The van der Waals surface area contributed by atoms with E-state index in [1.165, 1.54) is 79.0 Å². The number of ether oxygens (including phenoxy) is 5. The first-order chi connectivity index (χ1) is 63.5. The van der Waals surface area contributed by atoms with E-state index in [1.54, 1.807) is 134 Å². The molecule has 4 aromatic heterocycles. The number of halogens is 5. The van der Waals surface area contributed by atoms with Crippen molar-refractivity contribution in [1.29, 1.82) is 0 Å². The van der Waals surface area contributed by atoms with Gasteiger partial charge in [-0.3, -0.25) is 49.2 Å². The number of amides is 7. The molecule has 33 nitrogen and oxygen atoms in total. The monoisotopic (exact) mass is 1960 g/mol. The van der Waals surface area contributed by atoms with Crippen molar-refractivity contribution in [2.45, 2.75) is 240 Å². The normalized spacial score (nSPS) is 21.0. The maximum atomic E-state index is 15.4. The molecule has 40 heteroatoms. The van der Waals surface area contributed by atoms with Gasteiger partial charge in [0, 0.05) is 110 Å². The van der Waals surface area contributed by atoms with Gasteiger partial charge in [-0.15, -0.1) is 12.4 Å². The van der Waals surface area contributed by atoms with E-state index in [0.717, 1.165) is 66.7 Å². The summed E-state index contributed by atoms with van der Waals surface area (Å²) in [4.78, 5) is 120.